The van der Waals surface area contributed by atoms with Crippen LogP contribution in [0.5, 0.6) is 5.75 Å². The standard InChI is InChI=1S/C15H21N5O2/c1-21-13-5-3-2-4-12(13)20-8-6-19(7-9-20)11-14-17-15(10-16)22-18-14/h2-5H,6-11,16H2,1H3. The molecule has 0 aliphatic carbocycles. The molecule has 2 heterocycles. The molecule has 1 aliphatic rings. The van der Waals surface area contributed by atoms with Gasteiger partial charge in [-0.15, -0.1) is 0 Å². The van der Waals surface area contributed by atoms with E-state index in [0.717, 1.165) is 37.6 Å². The lowest BCUT2D eigenvalue weighted by molar-refractivity contribution is 0.239. The Hall–Kier alpha value is -2.12. The average Bonchev–Trinajstić information content (AvgIpc) is 3.03. The minimum atomic E-state index is 0.286. The van der Waals surface area contributed by atoms with E-state index in [4.69, 9.17) is 15.0 Å². The lowest BCUT2D eigenvalue weighted by atomic mass is 10.2. The zero-order valence-electron chi connectivity index (χ0n) is 12.7. The third-order valence-electron chi connectivity index (χ3n) is 3.85. The molecule has 1 aromatic heterocycles. The molecule has 3 rings (SSSR count). The maximum Gasteiger partial charge on any atom is 0.240 e. The van der Waals surface area contributed by atoms with E-state index in [9.17, 15) is 0 Å². The third kappa shape index (κ3) is 3.20. The maximum absolute atomic E-state index is 5.48. The van der Waals surface area contributed by atoms with Gasteiger partial charge in [-0.1, -0.05) is 17.3 Å². The first kappa shape index (κ1) is 14.8. The van der Waals surface area contributed by atoms with Gasteiger partial charge in [0.25, 0.3) is 0 Å². The summed E-state index contributed by atoms with van der Waals surface area (Å²) >= 11 is 0. The van der Waals surface area contributed by atoms with E-state index in [1.165, 1.54) is 0 Å². The predicted octanol–water partition coefficient (Wildman–Crippen LogP) is 0.859. The Kier molecular flexibility index (Phi) is 4.55. The molecule has 1 fully saturated rings. The SMILES string of the molecule is COc1ccccc1N1CCN(Cc2noc(CN)n2)CC1. The van der Waals surface area contributed by atoms with E-state index in [-0.39, 0.29) is 6.54 Å². The van der Waals surface area contributed by atoms with Crippen molar-refractivity contribution in [1.29, 1.82) is 0 Å². The van der Waals surface area contributed by atoms with Crippen LogP contribution < -0.4 is 15.4 Å². The van der Waals surface area contributed by atoms with Gasteiger partial charge in [-0.2, -0.15) is 4.98 Å². The first-order chi connectivity index (χ1) is 10.8. The predicted molar refractivity (Wildman–Crippen MR) is 82.7 cm³/mol. The second kappa shape index (κ2) is 6.76. The van der Waals surface area contributed by atoms with Crippen LogP contribution in [0.2, 0.25) is 0 Å². The number of nitrogens with zero attached hydrogens (tertiary/aromatic N) is 4. The monoisotopic (exact) mass is 303 g/mol. The Labute approximate surface area is 129 Å². The highest BCUT2D eigenvalue weighted by atomic mass is 16.5. The number of benzene rings is 1. The maximum atomic E-state index is 5.48. The zero-order valence-corrected chi connectivity index (χ0v) is 12.7. The van der Waals surface area contributed by atoms with Crippen LogP contribution in [0, 0.1) is 0 Å². The van der Waals surface area contributed by atoms with Crippen molar-refractivity contribution in [1.82, 2.24) is 15.0 Å². The Morgan fingerprint density at radius 2 is 2.00 bits per heavy atom. The number of hydrogen-bond donors (Lipinski definition) is 1. The van der Waals surface area contributed by atoms with E-state index in [1.807, 2.05) is 18.2 Å². The summed E-state index contributed by atoms with van der Waals surface area (Å²) < 4.78 is 10.5. The van der Waals surface area contributed by atoms with Gasteiger partial charge in [-0.05, 0) is 12.1 Å². The van der Waals surface area contributed by atoms with Gasteiger partial charge in [0.1, 0.15) is 5.75 Å². The molecule has 2 aromatic rings. The molecular weight excluding hydrogens is 282 g/mol. The van der Waals surface area contributed by atoms with Crippen molar-refractivity contribution < 1.29 is 9.26 Å². The van der Waals surface area contributed by atoms with Crippen LogP contribution in [-0.2, 0) is 13.1 Å². The summed E-state index contributed by atoms with van der Waals surface area (Å²) in [4.78, 5) is 8.91. The number of rotatable bonds is 5. The average molecular weight is 303 g/mol. The van der Waals surface area contributed by atoms with Crippen molar-refractivity contribution >= 4 is 5.69 Å². The first-order valence-corrected chi connectivity index (χ1v) is 7.42. The topological polar surface area (TPSA) is 80.7 Å². The summed E-state index contributed by atoms with van der Waals surface area (Å²) in [5.41, 5.74) is 6.63. The molecule has 0 unspecified atom stereocenters. The summed E-state index contributed by atoms with van der Waals surface area (Å²) in [6.07, 6.45) is 0. The van der Waals surface area contributed by atoms with Gasteiger partial charge in [0.2, 0.25) is 5.89 Å². The van der Waals surface area contributed by atoms with Gasteiger partial charge in [0.05, 0.1) is 25.9 Å². The number of para-hydroxylation sites is 2. The Balaban J connectivity index is 1.58. The number of ether oxygens (including phenoxy) is 1. The smallest absolute Gasteiger partial charge is 0.240 e. The molecule has 0 atom stereocenters. The van der Waals surface area contributed by atoms with Gasteiger partial charge in [-0.25, -0.2) is 0 Å². The van der Waals surface area contributed by atoms with Crippen molar-refractivity contribution in [3.05, 3.63) is 36.0 Å². The second-order valence-corrected chi connectivity index (χ2v) is 5.24. The molecule has 0 spiro atoms. The fourth-order valence-corrected chi connectivity index (χ4v) is 2.68. The molecule has 118 valence electrons. The number of aromatic nitrogens is 2. The van der Waals surface area contributed by atoms with Crippen LogP contribution in [0.1, 0.15) is 11.7 Å². The number of methoxy groups -OCH3 is 1. The summed E-state index contributed by atoms with van der Waals surface area (Å²) in [7, 11) is 1.71. The highest BCUT2D eigenvalue weighted by Crippen LogP contribution is 2.28. The second-order valence-electron chi connectivity index (χ2n) is 5.24. The molecule has 0 amide bonds. The first-order valence-electron chi connectivity index (χ1n) is 7.42. The highest BCUT2D eigenvalue weighted by Gasteiger charge is 2.20. The normalized spacial score (nSPS) is 16.0. The molecule has 22 heavy (non-hydrogen) atoms. The van der Waals surface area contributed by atoms with Crippen molar-refractivity contribution in [2.75, 3.05) is 38.2 Å². The van der Waals surface area contributed by atoms with Crippen LogP contribution in [0.4, 0.5) is 5.69 Å². The van der Waals surface area contributed by atoms with Crippen molar-refractivity contribution in [2.45, 2.75) is 13.1 Å². The van der Waals surface area contributed by atoms with Crippen LogP contribution in [0.15, 0.2) is 28.8 Å². The quantitative estimate of drug-likeness (QED) is 0.877. The number of piperazine rings is 1. The van der Waals surface area contributed by atoms with Crippen LogP contribution in [0.3, 0.4) is 0 Å². The van der Waals surface area contributed by atoms with Gasteiger partial charge in [-0.3, -0.25) is 4.90 Å². The molecule has 1 aromatic carbocycles. The minimum Gasteiger partial charge on any atom is -0.495 e. The highest BCUT2D eigenvalue weighted by molar-refractivity contribution is 5.58. The minimum absolute atomic E-state index is 0.286. The Morgan fingerprint density at radius 3 is 2.68 bits per heavy atom. The molecule has 0 saturated carbocycles. The zero-order chi connectivity index (χ0) is 15.4. The molecule has 7 nitrogen and oxygen atoms in total. The van der Waals surface area contributed by atoms with Crippen molar-refractivity contribution in [3.8, 4) is 5.75 Å². The van der Waals surface area contributed by atoms with Gasteiger partial charge >= 0.3 is 0 Å². The summed E-state index contributed by atoms with van der Waals surface area (Å²) in [5.74, 6) is 2.11. The molecule has 0 bridgehead atoms. The fraction of sp³-hybridized carbons (Fsp3) is 0.467. The van der Waals surface area contributed by atoms with E-state index >= 15 is 0 Å². The number of nitrogens with two attached hydrogens (primary N) is 1. The number of anilines is 1. The Bertz CT molecular complexity index is 607. The summed E-state index contributed by atoms with van der Waals surface area (Å²) in [6, 6.07) is 8.12. The summed E-state index contributed by atoms with van der Waals surface area (Å²) in [6.45, 7) is 4.77. The van der Waals surface area contributed by atoms with Gasteiger partial charge in [0, 0.05) is 26.2 Å². The molecule has 1 aliphatic heterocycles. The van der Waals surface area contributed by atoms with E-state index in [1.54, 1.807) is 7.11 Å². The molecule has 7 heteroatoms. The molecule has 0 radical (unpaired) electrons. The van der Waals surface area contributed by atoms with Gasteiger partial charge in [0.15, 0.2) is 5.82 Å². The third-order valence-corrected chi connectivity index (χ3v) is 3.85. The molecule has 1 saturated heterocycles. The van der Waals surface area contributed by atoms with Crippen molar-refractivity contribution in [2.24, 2.45) is 5.73 Å². The van der Waals surface area contributed by atoms with Crippen molar-refractivity contribution in [3.63, 3.8) is 0 Å². The Morgan fingerprint density at radius 1 is 1.23 bits per heavy atom. The lowest BCUT2D eigenvalue weighted by Gasteiger charge is -2.36. The number of hydrogen-bond acceptors (Lipinski definition) is 7. The largest absolute Gasteiger partial charge is 0.495 e. The van der Waals surface area contributed by atoms with Crippen LogP contribution in [0.25, 0.3) is 0 Å². The van der Waals surface area contributed by atoms with Crippen LogP contribution >= 0.6 is 0 Å². The molecule has 2 N–H and O–H groups in total. The van der Waals surface area contributed by atoms with Gasteiger partial charge < -0.3 is 19.9 Å². The van der Waals surface area contributed by atoms with E-state index in [2.05, 4.69) is 26.0 Å². The van der Waals surface area contributed by atoms with E-state index in [0.29, 0.717) is 18.3 Å². The summed E-state index contributed by atoms with van der Waals surface area (Å²) in [5, 5.41) is 3.94. The fourth-order valence-electron chi connectivity index (χ4n) is 2.68. The van der Waals surface area contributed by atoms with Crippen LogP contribution in [-0.4, -0.2) is 48.3 Å². The van der Waals surface area contributed by atoms with E-state index < -0.39 is 0 Å². The molecular formula is C15H21N5O2. The lowest BCUT2D eigenvalue weighted by Crippen LogP contribution is -2.46.